The normalized spacial score (nSPS) is 18.7. The number of nitrogens with zero attached hydrogens (tertiary/aromatic N) is 3. The summed E-state index contributed by atoms with van der Waals surface area (Å²) < 4.78 is 5.00. The summed E-state index contributed by atoms with van der Waals surface area (Å²) in [6.45, 7) is 5.65. The lowest BCUT2D eigenvalue weighted by Crippen LogP contribution is -2.39. The molecule has 0 saturated carbocycles. The number of aliphatic imine (C=N–C) groups is 1. The second-order valence-electron chi connectivity index (χ2n) is 7.29. The molecule has 2 aliphatic rings. The van der Waals surface area contributed by atoms with Crippen LogP contribution in [-0.4, -0.2) is 40.0 Å². The first-order valence-corrected chi connectivity index (χ1v) is 10.7. The number of ether oxygens (including phenoxy) is 1. The maximum atomic E-state index is 12.6. The molecule has 1 aromatic rings. The highest BCUT2D eigenvalue weighted by molar-refractivity contribution is 8.16. The molecule has 2 atom stereocenters. The van der Waals surface area contributed by atoms with Gasteiger partial charge in [-0.05, 0) is 43.4 Å². The molecular formula is C21H24N4O5S. The van der Waals surface area contributed by atoms with Gasteiger partial charge in [-0.1, -0.05) is 18.7 Å². The van der Waals surface area contributed by atoms with E-state index in [1.54, 1.807) is 19.1 Å². The summed E-state index contributed by atoms with van der Waals surface area (Å²) in [6, 6.07) is 5.46. The van der Waals surface area contributed by atoms with Crippen molar-refractivity contribution in [1.82, 2.24) is 10.2 Å². The molecule has 1 amide bonds. The molecule has 31 heavy (non-hydrogen) atoms. The smallest absolute Gasteiger partial charge is 0.338 e. The highest BCUT2D eigenvalue weighted by atomic mass is 32.2. The predicted molar refractivity (Wildman–Crippen MR) is 118 cm³/mol. The zero-order valence-electron chi connectivity index (χ0n) is 17.7. The van der Waals surface area contributed by atoms with Crippen molar-refractivity contribution in [1.29, 1.82) is 0 Å². The van der Waals surface area contributed by atoms with Crippen LogP contribution in [0, 0.1) is 10.1 Å². The van der Waals surface area contributed by atoms with Crippen LogP contribution in [0.25, 0.3) is 0 Å². The number of hydrogen-bond donors (Lipinski definition) is 1. The average molecular weight is 445 g/mol. The van der Waals surface area contributed by atoms with Crippen LogP contribution in [0.1, 0.15) is 45.2 Å². The summed E-state index contributed by atoms with van der Waals surface area (Å²) >= 11 is 1.37. The number of amides is 1. The number of non-ortho nitro benzene ring substituents is 1. The molecule has 2 aliphatic heterocycles. The van der Waals surface area contributed by atoms with E-state index < -0.39 is 16.9 Å². The van der Waals surface area contributed by atoms with Crippen LogP contribution < -0.4 is 5.32 Å². The molecule has 3 rings (SSSR count). The first-order chi connectivity index (χ1) is 14.8. The minimum atomic E-state index is -0.613. The Balaban J connectivity index is 2.00. The molecule has 1 N–H and O–H groups in total. The van der Waals surface area contributed by atoms with Gasteiger partial charge < -0.3 is 15.0 Å². The topological polar surface area (TPSA) is 114 Å². The van der Waals surface area contributed by atoms with Crippen molar-refractivity contribution in [3.8, 4) is 0 Å². The molecule has 10 heteroatoms. The highest BCUT2D eigenvalue weighted by Gasteiger charge is 2.41. The van der Waals surface area contributed by atoms with E-state index in [1.807, 2.05) is 24.2 Å². The zero-order chi connectivity index (χ0) is 22.7. The van der Waals surface area contributed by atoms with Gasteiger partial charge in [-0.25, -0.2) is 9.79 Å². The van der Waals surface area contributed by atoms with E-state index in [4.69, 9.17) is 4.74 Å². The summed E-state index contributed by atoms with van der Waals surface area (Å²) in [5, 5.41) is 16.5. The van der Waals surface area contributed by atoms with E-state index >= 15 is 0 Å². The van der Waals surface area contributed by atoms with E-state index in [2.05, 4.69) is 10.3 Å². The number of allylic oxidation sites excluding steroid dienone is 1. The number of hydrogen-bond acceptors (Lipinski definition) is 8. The molecule has 0 aliphatic carbocycles. The van der Waals surface area contributed by atoms with Crippen molar-refractivity contribution < 1.29 is 19.2 Å². The van der Waals surface area contributed by atoms with Crippen LogP contribution in [0.5, 0.6) is 0 Å². The third-order valence-electron chi connectivity index (χ3n) is 5.19. The third kappa shape index (κ3) is 4.63. The molecule has 0 spiro atoms. The maximum Gasteiger partial charge on any atom is 0.338 e. The highest BCUT2D eigenvalue weighted by Crippen LogP contribution is 2.45. The molecule has 2 heterocycles. The van der Waals surface area contributed by atoms with Gasteiger partial charge in [0.2, 0.25) is 5.91 Å². The van der Waals surface area contributed by atoms with E-state index in [0.29, 0.717) is 27.7 Å². The molecular weight excluding hydrogens is 420 g/mol. The lowest BCUT2D eigenvalue weighted by atomic mass is 9.93. The van der Waals surface area contributed by atoms with Gasteiger partial charge in [-0.2, -0.15) is 0 Å². The number of benzene rings is 1. The number of nitrogens with one attached hydrogen (secondary N) is 1. The fraction of sp³-hybridized carbons (Fsp3) is 0.381. The van der Waals surface area contributed by atoms with Gasteiger partial charge in [0.1, 0.15) is 0 Å². The fourth-order valence-corrected chi connectivity index (χ4v) is 4.39. The van der Waals surface area contributed by atoms with Crippen LogP contribution >= 0.6 is 11.8 Å². The summed E-state index contributed by atoms with van der Waals surface area (Å²) in [7, 11) is 1.30. The van der Waals surface area contributed by atoms with Crippen molar-refractivity contribution in [3.05, 3.63) is 62.3 Å². The molecule has 0 radical (unpaired) electrons. The van der Waals surface area contributed by atoms with Crippen molar-refractivity contribution in [3.63, 3.8) is 0 Å². The van der Waals surface area contributed by atoms with Gasteiger partial charge in [-0.15, -0.1) is 0 Å². The van der Waals surface area contributed by atoms with Gasteiger partial charge in [0, 0.05) is 23.9 Å². The number of rotatable bonds is 7. The number of nitro benzene ring substituents is 1. The Labute approximate surface area is 184 Å². The molecule has 0 fully saturated rings. The average Bonchev–Trinajstić information content (AvgIpc) is 3.13. The zero-order valence-corrected chi connectivity index (χ0v) is 18.6. The third-order valence-corrected chi connectivity index (χ3v) is 6.08. The van der Waals surface area contributed by atoms with Gasteiger partial charge in [0.15, 0.2) is 5.17 Å². The number of carbonyl (C=O) groups excluding carboxylic acids is 2. The summed E-state index contributed by atoms with van der Waals surface area (Å²) in [5.74, 6) is -0.667. The van der Waals surface area contributed by atoms with Crippen molar-refractivity contribution in [2.75, 3.05) is 7.11 Å². The second-order valence-corrected chi connectivity index (χ2v) is 8.12. The molecule has 164 valence electrons. The van der Waals surface area contributed by atoms with Crippen LogP contribution in [0.2, 0.25) is 0 Å². The minimum Gasteiger partial charge on any atom is -0.466 e. The van der Waals surface area contributed by atoms with E-state index in [9.17, 15) is 19.7 Å². The van der Waals surface area contributed by atoms with E-state index in [-0.39, 0.29) is 24.1 Å². The van der Waals surface area contributed by atoms with Gasteiger partial charge >= 0.3 is 5.97 Å². The standard InChI is InChI=1S/C21H24N4O5S/c1-5-12(2)22-17(26)10-16-11-31-21-23-13(3)18(20(27)30-4)19(24(16)21)14-6-8-15(9-7-14)25(28)29/h6-9,11-12,19H,5,10H2,1-4H3,(H,22,26)/t12-,19-/m1/s1. The molecule has 9 nitrogen and oxygen atoms in total. The summed E-state index contributed by atoms with van der Waals surface area (Å²) in [5.41, 5.74) is 2.15. The first-order valence-electron chi connectivity index (χ1n) is 9.83. The Morgan fingerprint density at radius 1 is 1.35 bits per heavy atom. The Morgan fingerprint density at radius 2 is 2.03 bits per heavy atom. The minimum absolute atomic E-state index is 0.0479. The first kappa shape index (κ1) is 22.5. The Morgan fingerprint density at radius 3 is 2.61 bits per heavy atom. The molecule has 1 aromatic carbocycles. The molecule has 0 unspecified atom stereocenters. The largest absolute Gasteiger partial charge is 0.466 e. The summed E-state index contributed by atoms with van der Waals surface area (Å²) in [6.07, 6.45) is 0.934. The molecule has 0 aromatic heterocycles. The van der Waals surface area contributed by atoms with Gasteiger partial charge in [-0.3, -0.25) is 14.9 Å². The number of thioether (sulfide) groups is 1. The second kappa shape index (κ2) is 9.34. The fourth-order valence-electron chi connectivity index (χ4n) is 3.43. The Bertz CT molecular complexity index is 1000. The Kier molecular flexibility index (Phi) is 6.79. The van der Waals surface area contributed by atoms with E-state index in [0.717, 1.165) is 6.42 Å². The quantitative estimate of drug-likeness (QED) is 0.388. The molecule has 0 bridgehead atoms. The number of fused-ring (bicyclic) bond motifs is 1. The van der Waals surface area contributed by atoms with Crippen LogP contribution in [0.4, 0.5) is 5.69 Å². The lowest BCUT2D eigenvalue weighted by molar-refractivity contribution is -0.384. The van der Waals surface area contributed by atoms with Crippen molar-refractivity contribution in [2.45, 2.75) is 45.7 Å². The van der Waals surface area contributed by atoms with Crippen LogP contribution in [0.15, 0.2) is 51.6 Å². The number of amidine groups is 1. The van der Waals surface area contributed by atoms with Crippen LogP contribution in [0.3, 0.4) is 0 Å². The number of nitro groups is 1. The van der Waals surface area contributed by atoms with Gasteiger partial charge in [0.05, 0.1) is 35.8 Å². The van der Waals surface area contributed by atoms with Crippen molar-refractivity contribution in [2.24, 2.45) is 4.99 Å². The molecule has 0 saturated heterocycles. The van der Waals surface area contributed by atoms with E-state index in [1.165, 1.54) is 31.0 Å². The SMILES string of the molecule is CC[C@@H](C)NC(=O)CC1=CSC2=NC(C)=C(C(=O)OC)[C@@H](c3ccc([N+](=O)[O-])cc3)N12. The maximum absolute atomic E-state index is 12.6. The number of carbonyl (C=O) groups is 2. The number of esters is 1. The van der Waals surface area contributed by atoms with Crippen LogP contribution in [-0.2, 0) is 14.3 Å². The van der Waals surface area contributed by atoms with Gasteiger partial charge in [0.25, 0.3) is 5.69 Å². The predicted octanol–water partition coefficient (Wildman–Crippen LogP) is 3.65. The Hall–Kier alpha value is -3.14. The lowest BCUT2D eigenvalue weighted by Gasteiger charge is -2.36. The van der Waals surface area contributed by atoms with Crippen molar-refractivity contribution >= 4 is 34.5 Å². The monoisotopic (exact) mass is 444 g/mol. The number of methoxy groups -OCH3 is 1. The summed E-state index contributed by atoms with van der Waals surface area (Å²) in [4.78, 5) is 42.1.